The lowest BCUT2D eigenvalue weighted by Gasteiger charge is -2.35. The number of aromatic nitrogens is 5. The number of H-pyrrole nitrogens is 2. The normalized spacial score (nSPS) is 17.5. The van der Waals surface area contributed by atoms with Crippen LogP contribution in [0.1, 0.15) is 29.7 Å². The molecular formula is C30H36N8. The summed E-state index contributed by atoms with van der Waals surface area (Å²) in [5.41, 5.74) is 9.49. The molecule has 0 bridgehead atoms. The molecule has 196 valence electrons. The van der Waals surface area contributed by atoms with Crippen LogP contribution in [0.2, 0.25) is 0 Å². The van der Waals surface area contributed by atoms with Crippen molar-refractivity contribution in [3.63, 3.8) is 0 Å². The largest absolute Gasteiger partial charge is 0.368 e. The third-order valence-corrected chi connectivity index (χ3v) is 7.81. The minimum Gasteiger partial charge on any atom is -0.368 e. The molecule has 0 radical (unpaired) electrons. The molecule has 2 fully saturated rings. The minimum absolute atomic E-state index is 0.899. The molecule has 38 heavy (non-hydrogen) atoms. The summed E-state index contributed by atoms with van der Waals surface area (Å²) in [5.74, 6) is 0. The van der Waals surface area contributed by atoms with Crippen LogP contribution in [0.15, 0.2) is 55.5 Å². The number of likely N-dealkylation sites (tertiary alicyclic amines) is 1. The third-order valence-electron chi connectivity index (χ3n) is 7.81. The van der Waals surface area contributed by atoms with Gasteiger partial charge in [0.05, 0.1) is 23.1 Å². The number of fused-ring (bicyclic) bond motifs is 1. The van der Waals surface area contributed by atoms with Crippen LogP contribution in [0.3, 0.4) is 0 Å². The zero-order valence-electron chi connectivity index (χ0n) is 22.4. The Morgan fingerprint density at radius 3 is 2.63 bits per heavy atom. The maximum absolute atomic E-state index is 4.73. The molecule has 6 heterocycles. The molecule has 2 saturated heterocycles. The molecular weight excluding hydrogens is 472 g/mol. The Balaban J connectivity index is 1.32. The average molecular weight is 509 g/mol. The van der Waals surface area contributed by atoms with E-state index in [0.717, 1.165) is 72.0 Å². The Hall–Kier alpha value is -3.75. The van der Waals surface area contributed by atoms with E-state index in [2.05, 4.69) is 74.6 Å². The summed E-state index contributed by atoms with van der Waals surface area (Å²) in [6.45, 7) is 13.5. The number of likely N-dealkylation sites (N-methyl/N-ethyl adjacent to an activating group) is 1. The van der Waals surface area contributed by atoms with Crippen molar-refractivity contribution in [3.8, 4) is 22.6 Å². The van der Waals surface area contributed by atoms with Crippen LogP contribution >= 0.6 is 0 Å². The van der Waals surface area contributed by atoms with Crippen molar-refractivity contribution < 1.29 is 0 Å². The molecule has 6 rings (SSSR count). The number of nitrogens with one attached hydrogen (secondary N) is 2. The molecule has 8 nitrogen and oxygen atoms in total. The van der Waals surface area contributed by atoms with Crippen molar-refractivity contribution >= 4 is 16.6 Å². The van der Waals surface area contributed by atoms with Gasteiger partial charge in [-0.3, -0.25) is 20.0 Å². The van der Waals surface area contributed by atoms with E-state index in [0.29, 0.717) is 0 Å². The lowest BCUT2D eigenvalue weighted by atomic mass is 10.1. The van der Waals surface area contributed by atoms with E-state index < -0.39 is 0 Å². The molecule has 0 aliphatic carbocycles. The topological polar surface area (TPSA) is 80.0 Å². The molecule has 2 aliphatic heterocycles. The van der Waals surface area contributed by atoms with Crippen molar-refractivity contribution in [2.75, 3.05) is 46.3 Å². The van der Waals surface area contributed by atoms with Crippen LogP contribution in [0.25, 0.3) is 39.2 Å². The van der Waals surface area contributed by atoms with Gasteiger partial charge in [-0.1, -0.05) is 12.7 Å². The first-order valence-electron chi connectivity index (χ1n) is 13.6. The van der Waals surface area contributed by atoms with E-state index in [4.69, 9.17) is 10.1 Å². The molecule has 8 heteroatoms. The van der Waals surface area contributed by atoms with Gasteiger partial charge in [-0.25, -0.2) is 0 Å². The molecule has 0 unspecified atom stereocenters. The average Bonchev–Trinajstić information content (AvgIpc) is 3.68. The van der Waals surface area contributed by atoms with Gasteiger partial charge in [-0.05, 0) is 69.7 Å². The number of hydrogen-bond acceptors (Lipinski definition) is 6. The predicted molar refractivity (Wildman–Crippen MR) is 153 cm³/mol. The lowest BCUT2D eigenvalue weighted by molar-refractivity contribution is 0.207. The zero-order valence-corrected chi connectivity index (χ0v) is 22.4. The summed E-state index contributed by atoms with van der Waals surface area (Å²) in [6.07, 6.45) is 12.3. The number of pyridine rings is 2. The van der Waals surface area contributed by atoms with Gasteiger partial charge < -0.3 is 14.8 Å². The Morgan fingerprint density at radius 2 is 1.84 bits per heavy atom. The number of aryl methyl sites for hydroxylation is 1. The first-order valence-corrected chi connectivity index (χ1v) is 13.6. The fourth-order valence-corrected chi connectivity index (χ4v) is 5.67. The Labute approximate surface area is 224 Å². The second-order valence-electron chi connectivity index (χ2n) is 10.6. The zero-order chi connectivity index (χ0) is 26.1. The first-order chi connectivity index (χ1) is 18.6. The van der Waals surface area contributed by atoms with Gasteiger partial charge in [0.1, 0.15) is 5.69 Å². The highest BCUT2D eigenvalue weighted by Gasteiger charge is 2.21. The number of aromatic amines is 2. The van der Waals surface area contributed by atoms with Crippen LogP contribution in [0.4, 0.5) is 0 Å². The van der Waals surface area contributed by atoms with Crippen molar-refractivity contribution in [1.29, 1.82) is 0 Å². The van der Waals surface area contributed by atoms with E-state index in [9.17, 15) is 0 Å². The summed E-state index contributed by atoms with van der Waals surface area (Å²) in [5, 5.41) is 8.91. The summed E-state index contributed by atoms with van der Waals surface area (Å²) < 4.78 is 0. The van der Waals surface area contributed by atoms with E-state index in [1.54, 1.807) is 0 Å². The number of rotatable bonds is 7. The highest BCUT2D eigenvalue weighted by Crippen LogP contribution is 2.33. The first kappa shape index (κ1) is 24.6. The minimum atomic E-state index is 0.899. The van der Waals surface area contributed by atoms with Gasteiger partial charge in [0.15, 0.2) is 0 Å². The maximum Gasteiger partial charge on any atom is 0.116 e. The quantitative estimate of drug-likeness (QED) is 0.353. The van der Waals surface area contributed by atoms with Crippen molar-refractivity contribution in [2.45, 2.75) is 26.3 Å². The van der Waals surface area contributed by atoms with Crippen molar-refractivity contribution in [2.24, 2.45) is 0 Å². The predicted octanol–water partition coefficient (Wildman–Crippen LogP) is 4.69. The van der Waals surface area contributed by atoms with Gasteiger partial charge in [0, 0.05) is 73.0 Å². The maximum atomic E-state index is 4.73. The van der Waals surface area contributed by atoms with E-state index in [-0.39, 0.29) is 0 Å². The van der Waals surface area contributed by atoms with Crippen LogP contribution in [-0.2, 0) is 6.54 Å². The molecule has 4 aromatic rings. The standard InChI is InChI=1S/C30H36N8/c1-4-7-29(38-12-10-36(3)11-13-38)24-15-27(33-21(24)2)30-25-16-26(32-19-28(25)34-35-30)23-14-22(17-31-18-23)20-37-8-5-6-9-37/h4,7,14-19,33H,1,5-6,8-13,20H2,2-3H3,(H,34,35)/b29-7+. The summed E-state index contributed by atoms with van der Waals surface area (Å²) in [6, 6.07) is 6.57. The molecule has 4 aromatic heterocycles. The van der Waals surface area contributed by atoms with Gasteiger partial charge in [0.25, 0.3) is 0 Å². The van der Waals surface area contributed by atoms with Gasteiger partial charge in [-0.2, -0.15) is 5.10 Å². The van der Waals surface area contributed by atoms with Crippen LogP contribution in [0, 0.1) is 6.92 Å². The lowest BCUT2D eigenvalue weighted by Crippen LogP contribution is -2.43. The summed E-state index contributed by atoms with van der Waals surface area (Å²) in [7, 11) is 2.18. The van der Waals surface area contributed by atoms with Crippen LogP contribution < -0.4 is 0 Å². The Morgan fingerprint density at radius 1 is 1.03 bits per heavy atom. The Bertz CT molecular complexity index is 1460. The van der Waals surface area contributed by atoms with Gasteiger partial charge in [0.2, 0.25) is 0 Å². The molecule has 0 saturated carbocycles. The third kappa shape index (κ3) is 4.89. The van der Waals surface area contributed by atoms with E-state index in [1.807, 2.05) is 24.7 Å². The van der Waals surface area contributed by atoms with Crippen LogP contribution in [-0.4, -0.2) is 86.2 Å². The molecule has 2 aliphatic rings. The smallest absolute Gasteiger partial charge is 0.116 e. The molecule has 0 atom stereocenters. The highest BCUT2D eigenvalue weighted by molar-refractivity contribution is 5.94. The number of allylic oxidation sites excluding steroid dienone is 2. The summed E-state index contributed by atoms with van der Waals surface area (Å²) in [4.78, 5) is 20.2. The molecule has 0 amide bonds. The van der Waals surface area contributed by atoms with Crippen LogP contribution in [0.5, 0.6) is 0 Å². The molecule has 2 N–H and O–H groups in total. The summed E-state index contributed by atoms with van der Waals surface area (Å²) >= 11 is 0. The second kappa shape index (κ2) is 10.6. The van der Waals surface area contributed by atoms with Gasteiger partial charge >= 0.3 is 0 Å². The number of hydrogen-bond donors (Lipinski definition) is 2. The fraction of sp³-hybridized carbons (Fsp3) is 0.367. The second-order valence-corrected chi connectivity index (χ2v) is 10.6. The van der Waals surface area contributed by atoms with E-state index >= 15 is 0 Å². The van der Waals surface area contributed by atoms with Crippen molar-refractivity contribution in [3.05, 3.63) is 72.3 Å². The fourth-order valence-electron chi connectivity index (χ4n) is 5.67. The monoisotopic (exact) mass is 508 g/mol. The van der Waals surface area contributed by atoms with Gasteiger partial charge in [-0.15, -0.1) is 0 Å². The number of nitrogens with zero attached hydrogens (tertiary/aromatic N) is 6. The number of piperazine rings is 1. The van der Waals surface area contributed by atoms with E-state index in [1.165, 1.54) is 42.8 Å². The molecule has 0 aromatic carbocycles. The highest BCUT2D eigenvalue weighted by atomic mass is 15.3. The van der Waals surface area contributed by atoms with Crippen molar-refractivity contribution in [1.82, 2.24) is 39.8 Å². The molecule has 0 spiro atoms. The Kier molecular flexibility index (Phi) is 6.82. The SMILES string of the molecule is C=C/C=C(\c1cc(-c2n[nH]c3cnc(-c4cncc(CN5CCCC5)c4)cc23)[nH]c1C)N1CCN(C)CC1.